The van der Waals surface area contributed by atoms with Crippen molar-refractivity contribution in [3.63, 3.8) is 0 Å². The Labute approximate surface area is 173 Å². The SMILES string of the molecule is CC(=O)c1ccc(NC(=O)Cc2csc3nc(-c4ccc(C)c(C)c4)cn23)cc1. The number of fused-ring (bicyclic) bond motifs is 1. The van der Waals surface area contributed by atoms with Gasteiger partial charge in [-0.3, -0.25) is 14.0 Å². The number of ketones is 1. The topological polar surface area (TPSA) is 63.5 Å². The van der Waals surface area contributed by atoms with Gasteiger partial charge in [0.1, 0.15) is 0 Å². The van der Waals surface area contributed by atoms with Crippen LogP contribution in [0.5, 0.6) is 0 Å². The fourth-order valence-electron chi connectivity index (χ4n) is 3.15. The van der Waals surface area contributed by atoms with Crippen molar-refractivity contribution in [1.29, 1.82) is 0 Å². The summed E-state index contributed by atoms with van der Waals surface area (Å²) in [6, 6.07) is 13.2. The number of aryl methyl sites for hydroxylation is 2. The number of aromatic nitrogens is 2. The van der Waals surface area contributed by atoms with Crippen molar-refractivity contribution in [1.82, 2.24) is 9.38 Å². The van der Waals surface area contributed by atoms with Crippen molar-refractivity contribution in [2.75, 3.05) is 5.32 Å². The number of nitrogens with zero attached hydrogens (tertiary/aromatic N) is 2. The van der Waals surface area contributed by atoms with Crippen molar-refractivity contribution >= 4 is 33.7 Å². The Kier molecular flexibility index (Phi) is 5.03. The number of amides is 1. The van der Waals surface area contributed by atoms with E-state index >= 15 is 0 Å². The smallest absolute Gasteiger partial charge is 0.230 e. The van der Waals surface area contributed by atoms with E-state index in [2.05, 4.69) is 37.4 Å². The highest BCUT2D eigenvalue weighted by Crippen LogP contribution is 2.25. The molecule has 1 N–H and O–H groups in total. The molecule has 0 spiro atoms. The number of hydrogen-bond acceptors (Lipinski definition) is 4. The van der Waals surface area contributed by atoms with Crippen molar-refractivity contribution in [3.05, 3.63) is 76.4 Å². The molecule has 4 aromatic rings. The third kappa shape index (κ3) is 3.98. The Balaban J connectivity index is 1.52. The van der Waals surface area contributed by atoms with E-state index in [4.69, 9.17) is 4.98 Å². The molecule has 2 aromatic carbocycles. The molecule has 5 nitrogen and oxygen atoms in total. The Morgan fingerprint density at radius 3 is 2.52 bits per heavy atom. The zero-order chi connectivity index (χ0) is 20.5. The van der Waals surface area contributed by atoms with Gasteiger partial charge < -0.3 is 5.32 Å². The normalized spacial score (nSPS) is 11.0. The van der Waals surface area contributed by atoms with Gasteiger partial charge in [0.25, 0.3) is 0 Å². The van der Waals surface area contributed by atoms with Gasteiger partial charge in [-0.15, -0.1) is 11.3 Å². The first kappa shape index (κ1) is 19.1. The summed E-state index contributed by atoms with van der Waals surface area (Å²) in [4.78, 5) is 29.4. The molecule has 0 saturated carbocycles. The minimum absolute atomic E-state index is 0.00299. The molecule has 0 fully saturated rings. The molecule has 0 saturated heterocycles. The van der Waals surface area contributed by atoms with Gasteiger partial charge in [0, 0.05) is 34.1 Å². The lowest BCUT2D eigenvalue weighted by molar-refractivity contribution is -0.115. The van der Waals surface area contributed by atoms with Gasteiger partial charge in [-0.2, -0.15) is 0 Å². The molecule has 0 atom stereocenters. The first-order valence-electron chi connectivity index (χ1n) is 9.34. The van der Waals surface area contributed by atoms with Crippen LogP contribution in [0.15, 0.2) is 54.0 Å². The van der Waals surface area contributed by atoms with Crippen LogP contribution in [-0.4, -0.2) is 21.1 Å². The summed E-state index contributed by atoms with van der Waals surface area (Å²) in [5.74, 6) is -0.107. The van der Waals surface area contributed by atoms with Crippen LogP contribution in [-0.2, 0) is 11.2 Å². The number of imidazole rings is 1. The molecule has 1 amide bonds. The van der Waals surface area contributed by atoms with Gasteiger partial charge >= 0.3 is 0 Å². The quantitative estimate of drug-likeness (QED) is 0.474. The maximum atomic E-state index is 12.5. The van der Waals surface area contributed by atoms with Crippen LogP contribution in [0.2, 0.25) is 0 Å². The van der Waals surface area contributed by atoms with Crippen LogP contribution in [0.25, 0.3) is 16.2 Å². The van der Waals surface area contributed by atoms with Crippen LogP contribution in [0, 0.1) is 13.8 Å². The van der Waals surface area contributed by atoms with E-state index in [9.17, 15) is 9.59 Å². The number of nitrogens with one attached hydrogen (secondary N) is 1. The summed E-state index contributed by atoms with van der Waals surface area (Å²) < 4.78 is 1.98. The predicted octanol–water partition coefficient (Wildman–Crippen LogP) is 5.06. The zero-order valence-corrected chi connectivity index (χ0v) is 17.3. The fourth-order valence-corrected chi connectivity index (χ4v) is 4.03. The first-order valence-corrected chi connectivity index (χ1v) is 10.2. The van der Waals surface area contributed by atoms with Crippen molar-refractivity contribution in [2.24, 2.45) is 0 Å². The molecular formula is C23H21N3O2S. The van der Waals surface area contributed by atoms with Crippen molar-refractivity contribution in [2.45, 2.75) is 27.2 Å². The number of carbonyl (C=O) groups is 2. The second kappa shape index (κ2) is 7.64. The number of benzene rings is 2. The van der Waals surface area contributed by atoms with Crippen LogP contribution in [0.4, 0.5) is 5.69 Å². The van der Waals surface area contributed by atoms with Crippen molar-refractivity contribution in [3.8, 4) is 11.3 Å². The van der Waals surface area contributed by atoms with Gasteiger partial charge in [0.05, 0.1) is 12.1 Å². The third-order valence-corrected chi connectivity index (χ3v) is 5.89. The minimum Gasteiger partial charge on any atom is -0.326 e. The standard InChI is InChI=1S/C23H21N3O2S/c1-14-4-5-18(10-15(14)2)21-12-26-20(13-29-23(26)25-21)11-22(28)24-19-8-6-17(7-9-19)16(3)27/h4-10,12-13H,11H2,1-3H3,(H,24,28). The second-order valence-electron chi connectivity index (χ2n) is 7.16. The molecule has 0 bridgehead atoms. The lowest BCUT2D eigenvalue weighted by atomic mass is 10.0. The molecule has 0 aliphatic heterocycles. The Bertz CT molecular complexity index is 1220. The molecule has 2 aromatic heterocycles. The summed E-state index contributed by atoms with van der Waals surface area (Å²) in [7, 11) is 0. The van der Waals surface area contributed by atoms with Crippen molar-refractivity contribution < 1.29 is 9.59 Å². The lowest BCUT2D eigenvalue weighted by Crippen LogP contribution is -2.15. The van der Waals surface area contributed by atoms with Crippen LogP contribution >= 0.6 is 11.3 Å². The Hall–Kier alpha value is -3.25. The number of thiazole rings is 1. The molecule has 0 aliphatic carbocycles. The van der Waals surface area contributed by atoms with Gasteiger partial charge in [-0.1, -0.05) is 12.1 Å². The van der Waals surface area contributed by atoms with Gasteiger partial charge in [0.2, 0.25) is 5.91 Å². The van der Waals surface area contributed by atoms with E-state index in [1.807, 2.05) is 16.0 Å². The number of Topliss-reactive ketones (excluding diaryl/α,β-unsaturated/α-hetero) is 1. The highest BCUT2D eigenvalue weighted by atomic mass is 32.1. The number of hydrogen-bond donors (Lipinski definition) is 1. The van der Waals surface area contributed by atoms with Crippen LogP contribution < -0.4 is 5.32 Å². The van der Waals surface area contributed by atoms with E-state index in [1.54, 1.807) is 24.3 Å². The van der Waals surface area contributed by atoms with E-state index < -0.39 is 0 Å². The second-order valence-corrected chi connectivity index (χ2v) is 8.00. The highest BCUT2D eigenvalue weighted by molar-refractivity contribution is 7.15. The van der Waals surface area contributed by atoms with E-state index in [1.165, 1.54) is 29.4 Å². The summed E-state index contributed by atoms with van der Waals surface area (Å²) >= 11 is 1.52. The maximum absolute atomic E-state index is 12.5. The van der Waals surface area contributed by atoms with Crippen LogP contribution in [0.3, 0.4) is 0 Å². The molecule has 0 aliphatic rings. The Morgan fingerprint density at radius 2 is 1.83 bits per heavy atom. The van der Waals surface area contributed by atoms with E-state index in [0.717, 1.165) is 21.9 Å². The van der Waals surface area contributed by atoms with Crippen LogP contribution in [0.1, 0.15) is 34.1 Å². The molecule has 0 unspecified atom stereocenters. The van der Waals surface area contributed by atoms with Gasteiger partial charge in [-0.25, -0.2) is 4.98 Å². The number of anilines is 1. The molecule has 0 radical (unpaired) electrons. The van der Waals surface area contributed by atoms with E-state index in [0.29, 0.717) is 11.3 Å². The summed E-state index contributed by atoms with van der Waals surface area (Å²) in [5.41, 5.74) is 6.65. The minimum atomic E-state index is -0.110. The average molecular weight is 404 g/mol. The predicted molar refractivity (Wildman–Crippen MR) is 117 cm³/mol. The average Bonchev–Trinajstić information content (AvgIpc) is 3.26. The largest absolute Gasteiger partial charge is 0.326 e. The molecule has 146 valence electrons. The fraction of sp³-hybridized carbons (Fsp3) is 0.174. The van der Waals surface area contributed by atoms with Gasteiger partial charge in [-0.05, 0) is 62.2 Å². The summed E-state index contributed by atoms with van der Waals surface area (Å²) in [6.07, 6.45) is 2.23. The first-order chi connectivity index (χ1) is 13.9. The monoisotopic (exact) mass is 403 g/mol. The summed E-state index contributed by atoms with van der Waals surface area (Å²) in [5, 5.41) is 4.85. The third-order valence-electron chi connectivity index (χ3n) is 5.00. The molecule has 29 heavy (non-hydrogen) atoms. The maximum Gasteiger partial charge on any atom is 0.230 e. The molecule has 2 heterocycles. The zero-order valence-electron chi connectivity index (χ0n) is 16.5. The summed E-state index contributed by atoms with van der Waals surface area (Å²) in [6.45, 7) is 5.71. The Morgan fingerprint density at radius 1 is 1.07 bits per heavy atom. The number of carbonyl (C=O) groups excluding carboxylic acids is 2. The molecular weight excluding hydrogens is 382 g/mol. The highest BCUT2D eigenvalue weighted by Gasteiger charge is 2.13. The molecule has 4 rings (SSSR count). The van der Waals surface area contributed by atoms with E-state index in [-0.39, 0.29) is 18.1 Å². The number of rotatable bonds is 5. The molecule has 6 heteroatoms. The lowest BCUT2D eigenvalue weighted by Gasteiger charge is -2.05. The van der Waals surface area contributed by atoms with Gasteiger partial charge in [0.15, 0.2) is 10.7 Å².